The molecule has 6 rings (SSSR count). The third-order valence-corrected chi connectivity index (χ3v) is 15.2. The minimum atomic E-state index is -1.91. The lowest BCUT2D eigenvalue weighted by molar-refractivity contribution is -0.201. The van der Waals surface area contributed by atoms with Crippen molar-refractivity contribution in [3.63, 3.8) is 0 Å². The fraction of sp³-hybridized carbons (Fsp3) is 0.611. The molecule has 0 radical (unpaired) electrons. The maximum atomic E-state index is 14.8. The number of methoxy groups -OCH3 is 2. The van der Waals surface area contributed by atoms with Crippen molar-refractivity contribution in [3.8, 4) is 5.75 Å². The largest absolute Gasteiger partial charge is 0.495 e. The van der Waals surface area contributed by atoms with E-state index in [-0.39, 0.29) is 67.9 Å². The maximum absolute atomic E-state index is 14.8. The molecule has 0 saturated carbocycles. The van der Waals surface area contributed by atoms with Gasteiger partial charge in [0, 0.05) is 73.6 Å². The van der Waals surface area contributed by atoms with Gasteiger partial charge in [0.25, 0.3) is 17.7 Å². The molecular formula is C54H73ClN6O19. The van der Waals surface area contributed by atoms with Crippen LogP contribution in [-0.2, 0) is 73.2 Å². The summed E-state index contributed by atoms with van der Waals surface area (Å²) < 4.78 is 45.9. The number of nitrogens with zero attached hydrogens (tertiary/aromatic N) is 5. The smallest absolute Gasteiger partial charge is 0.410 e. The van der Waals surface area contributed by atoms with E-state index >= 15 is 0 Å². The highest BCUT2D eigenvalue weighted by atomic mass is 35.5. The standard InChI is InChI=1S/C54H73ClN6O19/c1-31-14-11-19-40(73-10)54(71)29-39(77-50(68)56-54)32(2)46-53(4,79-46)47(48(66)60(8)37-27-34(26-31)28-38(72-9)45(37)55)78-49(67)33(3)59(7)41(62)22-25-74-51(69)57(5)23-24-58(6)52(70)76-36-17-12-15-35(16-13-18-36)75-30-44(65)80-61-42(63)20-21-43(61)64/h11-12,14,17,19,27-28,32-33,35-36,39-40,46-47,71H,13,15-16,18,20-26,29-30H2,1-10H3,(H,56,68)/b17-12+,19-11+,31-14+/t32-,33+,35?,36?,39+,40-,46?,47+,53-,54+/m1/s1. The molecule has 2 N–H and O–H groups in total. The second-order valence-electron chi connectivity index (χ2n) is 20.7. The number of aliphatic hydroxyl groups is 1. The molecule has 25 nitrogen and oxygen atoms in total. The summed E-state index contributed by atoms with van der Waals surface area (Å²) in [6, 6.07) is 2.16. The first-order valence-electron chi connectivity index (χ1n) is 26.3. The first-order valence-corrected chi connectivity index (χ1v) is 26.7. The third kappa shape index (κ3) is 15.3. The molecule has 1 aromatic carbocycles. The van der Waals surface area contributed by atoms with E-state index in [1.165, 1.54) is 64.0 Å². The molecule has 4 bridgehead atoms. The summed E-state index contributed by atoms with van der Waals surface area (Å²) >= 11 is 6.84. The lowest BCUT2D eigenvalue weighted by atomic mass is 9.84. The Balaban J connectivity index is 1.02. The molecule has 0 aromatic heterocycles. The van der Waals surface area contributed by atoms with Crippen molar-refractivity contribution in [2.75, 3.05) is 73.6 Å². The Morgan fingerprint density at radius 1 is 0.975 bits per heavy atom. The molecule has 5 aliphatic rings. The second-order valence-corrected chi connectivity index (χ2v) is 21.1. The number of alkyl carbamates (subject to hydrolysis) is 1. The molecule has 1 aliphatic carbocycles. The number of imide groups is 1. The van der Waals surface area contributed by atoms with Crippen LogP contribution in [0.3, 0.4) is 0 Å². The number of hydrogen-bond donors (Lipinski definition) is 2. The minimum absolute atomic E-state index is 0.0171. The van der Waals surface area contributed by atoms with Crippen LogP contribution < -0.4 is 15.0 Å². The predicted octanol–water partition coefficient (Wildman–Crippen LogP) is 4.14. The van der Waals surface area contributed by atoms with Gasteiger partial charge in [0.1, 0.15) is 53.9 Å². The van der Waals surface area contributed by atoms with Gasteiger partial charge < -0.3 is 67.4 Å². The van der Waals surface area contributed by atoms with Crippen LogP contribution in [0.2, 0.25) is 5.02 Å². The van der Waals surface area contributed by atoms with E-state index in [2.05, 4.69) is 5.32 Å². The number of carbonyl (C=O) groups excluding carboxylic acids is 9. The minimum Gasteiger partial charge on any atom is -0.495 e. The van der Waals surface area contributed by atoms with Gasteiger partial charge in [-0.15, -0.1) is 5.06 Å². The number of anilines is 1. The van der Waals surface area contributed by atoms with Gasteiger partial charge in [-0.1, -0.05) is 48.4 Å². The van der Waals surface area contributed by atoms with Gasteiger partial charge in [-0.25, -0.2) is 24.0 Å². The van der Waals surface area contributed by atoms with Gasteiger partial charge in [0.05, 0.1) is 31.4 Å². The van der Waals surface area contributed by atoms with Crippen molar-refractivity contribution in [2.24, 2.45) is 5.92 Å². The van der Waals surface area contributed by atoms with Gasteiger partial charge in [-0.3, -0.25) is 24.5 Å². The monoisotopic (exact) mass is 1140 g/mol. The highest BCUT2D eigenvalue weighted by Crippen LogP contribution is 2.49. The Labute approximate surface area is 469 Å². The SMILES string of the molecule is COc1cc2cc(c1Cl)N(C)C(=O)[C@H](OC(=O)[C@H](C)N(C)C(=O)CCOC(=O)N(C)CCN(C)C(=O)OC1/C=C/CC(OCC(=O)ON3C(=O)CCC3=O)CCC1)[C@]1(C)OC1[C@H](C)[C@@H]1C[C@@](O)(NC(=O)O1)[C@H](OC)/C=C/C=C(\C)C2. The number of halogens is 1. The van der Waals surface area contributed by atoms with Crippen molar-refractivity contribution >= 4 is 71.1 Å². The summed E-state index contributed by atoms with van der Waals surface area (Å²) in [6.45, 7) is 5.85. The molecule has 440 valence electrons. The molecule has 26 heteroatoms. The number of amides is 7. The summed E-state index contributed by atoms with van der Waals surface area (Å²) in [5.41, 5.74) is -1.64. The number of likely N-dealkylation sites (N-methyl/N-ethyl adjacent to an activating group) is 4. The average Bonchev–Trinajstić information content (AvgIpc) is 4.21. The number of nitrogens with one attached hydrogen (secondary N) is 1. The lowest BCUT2D eigenvalue weighted by Gasteiger charge is -2.42. The zero-order valence-electron chi connectivity index (χ0n) is 46.8. The van der Waals surface area contributed by atoms with Crippen LogP contribution in [0.25, 0.3) is 0 Å². The van der Waals surface area contributed by atoms with Gasteiger partial charge >= 0.3 is 30.2 Å². The number of hydroxylamine groups is 2. The van der Waals surface area contributed by atoms with E-state index in [4.69, 9.17) is 54.3 Å². The van der Waals surface area contributed by atoms with Crippen LogP contribution in [0.4, 0.5) is 20.1 Å². The Bertz CT molecular complexity index is 2600. The first kappa shape index (κ1) is 62.4. The summed E-state index contributed by atoms with van der Waals surface area (Å²) in [7, 11) is 8.59. The molecule has 10 atom stereocenters. The fourth-order valence-electron chi connectivity index (χ4n) is 9.64. The Morgan fingerprint density at radius 3 is 2.34 bits per heavy atom. The van der Waals surface area contributed by atoms with Crippen LogP contribution in [0.15, 0.2) is 48.1 Å². The van der Waals surface area contributed by atoms with Gasteiger partial charge in [0.15, 0.2) is 5.72 Å². The van der Waals surface area contributed by atoms with Crippen LogP contribution >= 0.6 is 11.6 Å². The van der Waals surface area contributed by atoms with Crippen molar-refractivity contribution < 1.29 is 91.0 Å². The molecular weight excluding hydrogens is 1070 g/mol. The number of esters is 1. The van der Waals surface area contributed by atoms with Crippen LogP contribution in [0.1, 0.15) is 84.6 Å². The number of benzene rings is 1. The van der Waals surface area contributed by atoms with Crippen molar-refractivity contribution in [1.82, 2.24) is 25.1 Å². The molecule has 4 aliphatic heterocycles. The zero-order valence-corrected chi connectivity index (χ0v) is 47.5. The first-order chi connectivity index (χ1) is 37.8. The summed E-state index contributed by atoms with van der Waals surface area (Å²) in [4.78, 5) is 127. The topological polar surface area (TPSA) is 288 Å². The molecule has 1 aromatic rings. The van der Waals surface area contributed by atoms with Crippen molar-refractivity contribution in [3.05, 3.63) is 58.7 Å². The fourth-order valence-corrected chi connectivity index (χ4v) is 9.95. The number of allylic oxidation sites excluding steroid dienone is 3. The Hall–Kier alpha value is -6.80. The number of hydrogen-bond acceptors (Lipinski definition) is 19. The van der Waals surface area contributed by atoms with E-state index in [0.717, 1.165) is 10.5 Å². The van der Waals surface area contributed by atoms with E-state index in [9.17, 15) is 48.3 Å². The van der Waals surface area contributed by atoms with Gasteiger partial charge in [-0.05, 0) is 76.6 Å². The average molecular weight is 1150 g/mol. The molecule has 4 heterocycles. The molecule has 7 amide bonds. The van der Waals surface area contributed by atoms with E-state index < -0.39 is 114 Å². The summed E-state index contributed by atoms with van der Waals surface area (Å²) in [6.07, 6.45) is 2.71. The van der Waals surface area contributed by atoms with Crippen LogP contribution in [-0.4, -0.2) is 201 Å². The molecule has 80 heavy (non-hydrogen) atoms. The predicted molar refractivity (Wildman–Crippen MR) is 282 cm³/mol. The number of epoxide rings is 1. The Kier molecular flexibility index (Phi) is 21.1. The molecule has 3 fully saturated rings. The van der Waals surface area contributed by atoms with Gasteiger partial charge in [0.2, 0.25) is 12.0 Å². The van der Waals surface area contributed by atoms with E-state index in [0.29, 0.717) is 42.7 Å². The van der Waals surface area contributed by atoms with E-state index in [1.807, 2.05) is 13.0 Å². The maximum Gasteiger partial charge on any atom is 0.410 e. The van der Waals surface area contributed by atoms with Crippen LogP contribution in [0.5, 0.6) is 5.75 Å². The highest BCUT2D eigenvalue weighted by molar-refractivity contribution is 6.35. The zero-order chi connectivity index (χ0) is 58.8. The quantitative estimate of drug-likeness (QED) is 0.0773. The number of rotatable bonds is 16. The van der Waals surface area contributed by atoms with E-state index in [1.54, 1.807) is 50.3 Å². The lowest BCUT2D eigenvalue weighted by Crippen LogP contribution is -2.63. The van der Waals surface area contributed by atoms with Crippen molar-refractivity contribution in [1.29, 1.82) is 0 Å². The summed E-state index contributed by atoms with van der Waals surface area (Å²) in [5, 5.41) is 14.9. The second kappa shape index (κ2) is 27.1. The molecule has 0 spiro atoms. The van der Waals surface area contributed by atoms with Crippen LogP contribution in [0, 0.1) is 5.92 Å². The molecule has 3 unspecified atom stereocenters. The van der Waals surface area contributed by atoms with Gasteiger partial charge in [-0.2, -0.15) is 0 Å². The summed E-state index contributed by atoms with van der Waals surface area (Å²) in [5.74, 6) is -4.78. The number of carbonyl (C=O) groups is 9. The highest BCUT2D eigenvalue weighted by Gasteiger charge is 2.66. The number of fused-ring (bicyclic) bond motifs is 5. The third-order valence-electron chi connectivity index (χ3n) is 14.8. The molecule has 3 saturated heterocycles. The Morgan fingerprint density at radius 2 is 1.66 bits per heavy atom. The van der Waals surface area contributed by atoms with Crippen molar-refractivity contribution in [2.45, 2.75) is 139 Å². The normalized spacial score (nSPS) is 28.8. The number of ether oxygens (including phenoxy) is 8.